The zero-order valence-corrected chi connectivity index (χ0v) is 12.5. The Bertz CT molecular complexity index is 378. The minimum absolute atomic E-state index is 0. The van der Waals surface area contributed by atoms with E-state index in [1.54, 1.807) is 11.3 Å². The Balaban J connectivity index is 0.00000162. The van der Waals surface area contributed by atoms with Crippen LogP contribution in [0.4, 0.5) is 0 Å². The third kappa shape index (κ3) is 4.76. The van der Waals surface area contributed by atoms with Crippen LogP contribution in [0.15, 0.2) is 12.1 Å². The molecule has 0 spiro atoms. The Morgan fingerprint density at radius 2 is 2.39 bits per heavy atom. The second kappa shape index (κ2) is 8.00. The molecule has 0 saturated carbocycles. The lowest BCUT2D eigenvalue weighted by Gasteiger charge is -2.21. The molecule has 1 fully saturated rings. The van der Waals surface area contributed by atoms with Gasteiger partial charge in [-0.05, 0) is 37.9 Å². The highest BCUT2D eigenvalue weighted by Crippen LogP contribution is 2.21. The number of nitrogens with one attached hydrogen (secondary N) is 2. The number of piperidine rings is 1. The minimum atomic E-state index is 0. The van der Waals surface area contributed by atoms with Gasteiger partial charge in [-0.25, -0.2) is 0 Å². The Kier molecular flexibility index (Phi) is 7.00. The lowest BCUT2D eigenvalue weighted by Crippen LogP contribution is -2.41. The molecule has 18 heavy (non-hydrogen) atoms. The van der Waals surface area contributed by atoms with Crippen molar-refractivity contribution in [2.24, 2.45) is 5.92 Å². The van der Waals surface area contributed by atoms with Crippen molar-refractivity contribution in [2.75, 3.05) is 19.6 Å². The van der Waals surface area contributed by atoms with Crippen LogP contribution in [0.3, 0.4) is 0 Å². The van der Waals surface area contributed by atoms with Crippen molar-refractivity contribution in [3.8, 4) is 0 Å². The van der Waals surface area contributed by atoms with Crippen LogP contribution >= 0.6 is 35.3 Å². The fraction of sp³-hybridized carbons (Fsp3) is 0.583. The standard InChI is InChI=1S/C12H17ClN2OS.ClH/c13-11-4-3-10(17-11)5-7-15-12(16)9-2-1-6-14-8-9;/h3-4,9,14H,1-2,5-8H2,(H,15,16);1H/t9-;/m1./s1. The summed E-state index contributed by atoms with van der Waals surface area (Å²) in [5.41, 5.74) is 0. The fourth-order valence-corrected chi connectivity index (χ4v) is 3.10. The Labute approximate surface area is 123 Å². The number of halogens is 2. The second-order valence-corrected chi connectivity index (χ2v) is 6.09. The van der Waals surface area contributed by atoms with Crippen molar-refractivity contribution in [2.45, 2.75) is 19.3 Å². The molecular formula is C12H18Cl2N2OS. The summed E-state index contributed by atoms with van der Waals surface area (Å²) in [7, 11) is 0. The van der Waals surface area contributed by atoms with Crippen molar-refractivity contribution in [3.05, 3.63) is 21.3 Å². The molecule has 2 heterocycles. The maximum atomic E-state index is 11.8. The number of amides is 1. The summed E-state index contributed by atoms with van der Waals surface area (Å²) in [6.45, 7) is 2.56. The molecule has 0 unspecified atom stereocenters. The van der Waals surface area contributed by atoms with Crippen molar-refractivity contribution in [1.29, 1.82) is 0 Å². The molecule has 1 amide bonds. The molecular weight excluding hydrogens is 291 g/mol. The van der Waals surface area contributed by atoms with Gasteiger partial charge in [0, 0.05) is 18.0 Å². The minimum Gasteiger partial charge on any atom is -0.355 e. The normalized spacial score (nSPS) is 19.1. The predicted octanol–water partition coefficient (Wildman–Crippen LogP) is 2.48. The highest BCUT2D eigenvalue weighted by atomic mass is 35.5. The van der Waals surface area contributed by atoms with Crippen LogP contribution in [-0.2, 0) is 11.2 Å². The molecule has 2 rings (SSSR count). The lowest BCUT2D eigenvalue weighted by molar-refractivity contribution is -0.125. The number of rotatable bonds is 4. The zero-order chi connectivity index (χ0) is 12.1. The van der Waals surface area contributed by atoms with Crippen LogP contribution in [0.5, 0.6) is 0 Å². The van der Waals surface area contributed by atoms with E-state index in [1.807, 2.05) is 12.1 Å². The van der Waals surface area contributed by atoms with Gasteiger partial charge in [-0.2, -0.15) is 0 Å². The van der Waals surface area contributed by atoms with Crippen molar-refractivity contribution >= 4 is 41.3 Å². The van der Waals surface area contributed by atoms with Gasteiger partial charge >= 0.3 is 0 Å². The van der Waals surface area contributed by atoms with Crippen LogP contribution in [0.2, 0.25) is 4.34 Å². The molecule has 2 N–H and O–H groups in total. The van der Waals surface area contributed by atoms with E-state index in [0.29, 0.717) is 6.54 Å². The highest BCUT2D eigenvalue weighted by Gasteiger charge is 2.20. The lowest BCUT2D eigenvalue weighted by atomic mass is 9.99. The van der Waals surface area contributed by atoms with E-state index in [1.165, 1.54) is 4.88 Å². The van der Waals surface area contributed by atoms with Gasteiger partial charge in [0.2, 0.25) is 5.91 Å². The van der Waals surface area contributed by atoms with E-state index in [-0.39, 0.29) is 24.2 Å². The van der Waals surface area contributed by atoms with E-state index < -0.39 is 0 Å². The third-order valence-corrected chi connectivity index (χ3v) is 4.26. The van der Waals surface area contributed by atoms with Gasteiger partial charge in [-0.15, -0.1) is 23.7 Å². The third-order valence-electron chi connectivity index (χ3n) is 2.97. The molecule has 1 aliphatic heterocycles. The SMILES string of the molecule is Cl.O=C(NCCc1ccc(Cl)s1)[C@@H]1CCCNC1. The Hall–Kier alpha value is -0.290. The topological polar surface area (TPSA) is 41.1 Å². The zero-order valence-electron chi connectivity index (χ0n) is 10.1. The van der Waals surface area contributed by atoms with Gasteiger partial charge in [-0.1, -0.05) is 11.6 Å². The van der Waals surface area contributed by atoms with E-state index in [4.69, 9.17) is 11.6 Å². The van der Waals surface area contributed by atoms with Gasteiger partial charge in [0.25, 0.3) is 0 Å². The average molecular weight is 309 g/mol. The number of thiophene rings is 1. The van der Waals surface area contributed by atoms with Crippen molar-refractivity contribution < 1.29 is 4.79 Å². The molecule has 1 aromatic rings. The maximum Gasteiger partial charge on any atom is 0.224 e. The second-order valence-electron chi connectivity index (χ2n) is 4.29. The van der Waals surface area contributed by atoms with Gasteiger partial charge in [0.05, 0.1) is 10.3 Å². The first-order chi connectivity index (χ1) is 8.25. The molecule has 1 aliphatic rings. The molecule has 1 atom stereocenters. The summed E-state index contributed by atoms with van der Waals surface area (Å²) in [5, 5.41) is 6.25. The molecule has 1 saturated heterocycles. The molecule has 0 aliphatic carbocycles. The first-order valence-corrected chi connectivity index (χ1v) is 7.18. The van der Waals surface area contributed by atoms with Crippen LogP contribution in [0.1, 0.15) is 17.7 Å². The van der Waals surface area contributed by atoms with Crippen molar-refractivity contribution in [3.63, 3.8) is 0 Å². The molecule has 1 aromatic heterocycles. The first kappa shape index (κ1) is 15.8. The van der Waals surface area contributed by atoms with Crippen LogP contribution in [-0.4, -0.2) is 25.5 Å². The van der Waals surface area contributed by atoms with E-state index in [0.717, 1.165) is 36.7 Å². The molecule has 0 bridgehead atoms. The van der Waals surface area contributed by atoms with Gasteiger partial charge in [0.1, 0.15) is 0 Å². The maximum absolute atomic E-state index is 11.8. The predicted molar refractivity (Wildman–Crippen MR) is 78.9 cm³/mol. The van der Waals surface area contributed by atoms with Gasteiger partial charge in [-0.3, -0.25) is 4.79 Å². The molecule has 0 radical (unpaired) electrons. The first-order valence-electron chi connectivity index (χ1n) is 5.98. The quantitative estimate of drug-likeness (QED) is 0.897. The van der Waals surface area contributed by atoms with Crippen LogP contribution in [0.25, 0.3) is 0 Å². The number of carbonyl (C=O) groups excluding carboxylic acids is 1. The molecule has 6 heteroatoms. The molecule has 0 aromatic carbocycles. The van der Waals surface area contributed by atoms with E-state index in [9.17, 15) is 4.79 Å². The van der Waals surface area contributed by atoms with Gasteiger partial charge in [0.15, 0.2) is 0 Å². The Morgan fingerprint density at radius 3 is 3.00 bits per heavy atom. The largest absolute Gasteiger partial charge is 0.355 e. The van der Waals surface area contributed by atoms with Crippen LogP contribution in [0, 0.1) is 5.92 Å². The number of hydrogen-bond acceptors (Lipinski definition) is 3. The van der Waals surface area contributed by atoms with Crippen LogP contribution < -0.4 is 10.6 Å². The summed E-state index contributed by atoms with van der Waals surface area (Å²) in [6, 6.07) is 3.91. The summed E-state index contributed by atoms with van der Waals surface area (Å²) in [5.74, 6) is 0.329. The van der Waals surface area contributed by atoms with Gasteiger partial charge < -0.3 is 10.6 Å². The van der Waals surface area contributed by atoms with E-state index in [2.05, 4.69) is 10.6 Å². The number of hydrogen-bond donors (Lipinski definition) is 2. The number of carbonyl (C=O) groups is 1. The smallest absolute Gasteiger partial charge is 0.224 e. The summed E-state index contributed by atoms with van der Waals surface area (Å²) >= 11 is 7.42. The van der Waals surface area contributed by atoms with Crippen molar-refractivity contribution in [1.82, 2.24) is 10.6 Å². The summed E-state index contributed by atoms with van der Waals surface area (Å²) in [4.78, 5) is 13.0. The van der Waals surface area contributed by atoms with E-state index >= 15 is 0 Å². The highest BCUT2D eigenvalue weighted by molar-refractivity contribution is 7.16. The summed E-state index contributed by atoms with van der Waals surface area (Å²) < 4.78 is 0.808. The summed E-state index contributed by atoms with van der Waals surface area (Å²) in [6.07, 6.45) is 2.96. The average Bonchev–Trinajstić information content (AvgIpc) is 2.76. The monoisotopic (exact) mass is 308 g/mol. The Morgan fingerprint density at radius 1 is 1.56 bits per heavy atom. The molecule has 3 nitrogen and oxygen atoms in total. The molecule has 102 valence electrons. The fourth-order valence-electron chi connectivity index (χ4n) is 2.01.